The van der Waals surface area contributed by atoms with Gasteiger partial charge in [0.05, 0.1) is 11.5 Å². The molecule has 4 rings (SSSR count). The third-order valence-corrected chi connectivity index (χ3v) is 5.96. The molecule has 3 aromatic carbocycles. The van der Waals surface area contributed by atoms with Crippen LogP contribution in [0.2, 0.25) is 0 Å². The van der Waals surface area contributed by atoms with Crippen molar-refractivity contribution in [1.82, 2.24) is 4.98 Å². The second kappa shape index (κ2) is 8.72. The maximum Gasteiger partial charge on any atom is 0.261 e. The van der Waals surface area contributed by atoms with E-state index in [0.717, 1.165) is 0 Å². The number of benzene rings is 3. The molecule has 9 heteroatoms. The number of nitrogens with zero attached hydrogens (tertiary/aromatic N) is 1. The number of oxazole rings is 1. The first-order chi connectivity index (χ1) is 15.3. The highest BCUT2D eigenvalue weighted by Crippen LogP contribution is 2.22. The minimum absolute atomic E-state index is 0.0263. The van der Waals surface area contributed by atoms with E-state index in [4.69, 9.17) is 9.15 Å². The number of carbonyl (C=O) groups is 1. The number of hydrogen-bond acceptors (Lipinski definition) is 6. The molecule has 0 aliphatic rings. The predicted octanol–water partition coefficient (Wildman–Crippen LogP) is 4.59. The fraction of sp³-hybridized carbons (Fsp3) is 0.130. The summed E-state index contributed by atoms with van der Waals surface area (Å²) in [4.78, 5) is 16.9. The van der Waals surface area contributed by atoms with Crippen molar-refractivity contribution >= 4 is 38.4 Å². The summed E-state index contributed by atoms with van der Waals surface area (Å²) in [7, 11) is -3.89. The Bertz CT molecular complexity index is 1380. The zero-order valence-electron chi connectivity index (χ0n) is 17.5. The van der Waals surface area contributed by atoms with Crippen LogP contribution >= 0.6 is 0 Å². The number of amides is 1. The average Bonchev–Trinajstić information content (AvgIpc) is 3.14. The maximum atomic E-state index is 12.8. The van der Waals surface area contributed by atoms with E-state index in [1.165, 1.54) is 18.2 Å². The highest BCUT2D eigenvalue weighted by atomic mass is 32.2. The van der Waals surface area contributed by atoms with Gasteiger partial charge in [0.15, 0.2) is 11.5 Å². The minimum atomic E-state index is -3.89. The van der Waals surface area contributed by atoms with Crippen LogP contribution < -0.4 is 14.8 Å². The van der Waals surface area contributed by atoms with Crippen molar-refractivity contribution in [3.05, 3.63) is 78.2 Å². The Kier molecular flexibility index (Phi) is 5.83. The van der Waals surface area contributed by atoms with E-state index in [0.29, 0.717) is 40.7 Å². The molecule has 32 heavy (non-hydrogen) atoms. The molecule has 8 nitrogen and oxygen atoms in total. The van der Waals surface area contributed by atoms with E-state index in [9.17, 15) is 13.2 Å². The second-order valence-electron chi connectivity index (χ2n) is 6.96. The summed E-state index contributed by atoms with van der Waals surface area (Å²) in [6, 6.07) is 17.5. The zero-order chi connectivity index (χ0) is 22.7. The number of ether oxygens (including phenoxy) is 1. The lowest BCUT2D eigenvalue weighted by Gasteiger charge is -2.11. The van der Waals surface area contributed by atoms with Crippen molar-refractivity contribution in [1.29, 1.82) is 0 Å². The van der Waals surface area contributed by atoms with Crippen molar-refractivity contribution in [2.24, 2.45) is 0 Å². The summed E-state index contributed by atoms with van der Waals surface area (Å²) >= 11 is 0. The summed E-state index contributed by atoms with van der Waals surface area (Å²) < 4.78 is 38.9. The van der Waals surface area contributed by atoms with Crippen LogP contribution in [-0.4, -0.2) is 25.9 Å². The first kappa shape index (κ1) is 21.4. The van der Waals surface area contributed by atoms with Gasteiger partial charge in [-0.1, -0.05) is 6.07 Å². The Labute approximate surface area is 185 Å². The number of sulfonamides is 1. The highest BCUT2D eigenvalue weighted by molar-refractivity contribution is 7.92. The van der Waals surface area contributed by atoms with Crippen molar-refractivity contribution < 1.29 is 22.4 Å². The molecule has 0 unspecified atom stereocenters. The smallest absolute Gasteiger partial charge is 0.261 e. The van der Waals surface area contributed by atoms with E-state index in [1.54, 1.807) is 55.5 Å². The maximum absolute atomic E-state index is 12.8. The van der Waals surface area contributed by atoms with E-state index >= 15 is 0 Å². The molecule has 2 N–H and O–H groups in total. The monoisotopic (exact) mass is 451 g/mol. The Morgan fingerprint density at radius 1 is 1.03 bits per heavy atom. The summed E-state index contributed by atoms with van der Waals surface area (Å²) in [5, 5.41) is 2.76. The molecule has 1 heterocycles. The molecule has 0 spiro atoms. The normalized spacial score (nSPS) is 11.3. The van der Waals surface area contributed by atoms with Crippen LogP contribution in [0.15, 0.2) is 76.0 Å². The van der Waals surface area contributed by atoms with E-state index in [2.05, 4.69) is 15.0 Å². The van der Waals surface area contributed by atoms with Gasteiger partial charge in [0.25, 0.3) is 15.9 Å². The number of carbonyl (C=O) groups excluding carboxylic acids is 1. The number of aromatic nitrogens is 1. The van der Waals surface area contributed by atoms with Gasteiger partial charge >= 0.3 is 0 Å². The highest BCUT2D eigenvalue weighted by Gasteiger charge is 2.17. The molecule has 0 radical (unpaired) electrons. The van der Waals surface area contributed by atoms with Crippen LogP contribution in [0, 0.1) is 6.92 Å². The second-order valence-corrected chi connectivity index (χ2v) is 8.64. The van der Waals surface area contributed by atoms with Crippen molar-refractivity contribution in [2.45, 2.75) is 18.7 Å². The summed E-state index contributed by atoms with van der Waals surface area (Å²) in [5.74, 6) is 0.734. The number of fused-ring (bicyclic) bond motifs is 1. The number of anilines is 2. The molecule has 0 aliphatic carbocycles. The number of nitrogens with one attached hydrogen (secondary N) is 2. The Morgan fingerprint density at radius 2 is 1.78 bits per heavy atom. The number of rotatable bonds is 7. The van der Waals surface area contributed by atoms with Gasteiger partial charge in [-0.05, 0) is 67.6 Å². The molecular weight excluding hydrogens is 430 g/mol. The number of hydrogen-bond donors (Lipinski definition) is 2. The van der Waals surface area contributed by atoms with Gasteiger partial charge in [0.2, 0.25) is 0 Å². The SMILES string of the molecule is CCOc1ccc(NS(=O)(=O)c2cccc(C(=O)Nc3ccc4oc(C)nc4c3)c2)cc1. The molecule has 4 aromatic rings. The number of aryl methyl sites for hydroxylation is 1. The standard InChI is InChI=1S/C23H21N3O5S/c1-3-30-19-10-7-17(8-11-19)26-32(28,29)20-6-4-5-16(13-20)23(27)25-18-9-12-22-21(14-18)24-15(2)31-22/h4-14,26H,3H2,1-2H3,(H,25,27). The van der Waals surface area contributed by atoms with Gasteiger partial charge in [-0.25, -0.2) is 13.4 Å². The van der Waals surface area contributed by atoms with E-state index in [-0.39, 0.29) is 10.5 Å². The molecule has 0 saturated carbocycles. The van der Waals surface area contributed by atoms with Crippen LogP contribution in [0.25, 0.3) is 11.1 Å². The molecule has 0 saturated heterocycles. The fourth-order valence-corrected chi connectivity index (χ4v) is 4.23. The van der Waals surface area contributed by atoms with Gasteiger partial charge < -0.3 is 14.5 Å². The summed E-state index contributed by atoms with van der Waals surface area (Å²) in [6.07, 6.45) is 0. The van der Waals surface area contributed by atoms with Crippen molar-refractivity contribution in [3.8, 4) is 5.75 Å². The van der Waals surface area contributed by atoms with Gasteiger partial charge in [-0.15, -0.1) is 0 Å². The van der Waals surface area contributed by atoms with Gasteiger partial charge in [-0.3, -0.25) is 9.52 Å². The van der Waals surface area contributed by atoms with Crippen molar-refractivity contribution in [2.75, 3.05) is 16.6 Å². The largest absolute Gasteiger partial charge is 0.494 e. The molecule has 0 atom stereocenters. The molecule has 0 bridgehead atoms. The van der Waals surface area contributed by atoms with Crippen LogP contribution in [0.3, 0.4) is 0 Å². The van der Waals surface area contributed by atoms with E-state index in [1.807, 2.05) is 6.92 Å². The summed E-state index contributed by atoms with van der Waals surface area (Å²) in [5.41, 5.74) is 2.36. The molecular formula is C23H21N3O5S. The van der Waals surface area contributed by atoms with Crippen LogP contribution in [-0.2, 0) is 10.0 Å². The molecule has 0 fully saturated rings. The third-order valence-electron chi connectivity index (χ3n) is 4.58. The van der Waals surface area contributed by atoms with Crippen molar-refractivity contribution in [3.63, 3.8) is 0 Å². The molecule has 1 aromatic heterocycles. The molecule has 0 aliphatic heterocycles. The average molecular weight is 452 g/mol. The topological polar surface area (TPSA) is 111 Å². The predicted molar refractivity (Wildman–Crippen MR) is 122 cm³/mol. The zero-order valence-corrected chi connectivity index (χ0v) is 18.3. The first-order valence-electron chi connectivity index (χ1n) is 9.88. The quantitative estimate of drug-likeness (QED) is 0.425. The van der Waals surface area contributed by atoms with Gasteiger partial charge in [-0.2, -0.15) is 0 Å². The fourth-order valence-electron chi connectivity index (χ4n) is 3.13. The first-order valence-corrected chi connectivity index (χ1v) is 11.4. The van der Waals surface area contributed by atoms with Crippen LogP contribution in [0.5, 0.6) is 5.75 Å². The molecule has 164 valence electrons. The lowest BCUT2D eigenvalue weighted by Crippen LogP contribution is -2.16. The Hall–Kier alpha value is -3.85. The minimum Gasteiger partial charge on any atom is -0.494 e. The van der Waals surface area contributed by atoms with Crippen LogP contribution in [0.1, 0.15) is 23.2 Å². The van der Waals surface area contributed by atoms with Crippen LogP contribution in [0.4, 0.5) is 11.4 Å². The van der Waals surface area contributed by atoms with E-state index < -0.39 is 15.9 Å². The Balaban J connectivity index is 1.51. The Morgan fingerprint density at radius 3 is 2.53 bits per heavy atom. The molecule has 1 amide bonds. The third kappa shape index (κ3) is 4.73. The van der Waals surface area contributed by atoms with Gasteiger partial charge in [0, 0.05) is 23.9 Å². The summed E-state index contributed by atoms with van der Waals surface area (Å²) in [6.45, 7) is 4.13. The van der Waals surface area contributed by atoms with Gasteiger partial charge in [0.1, 0.15) is 11.3 Å². The lowest BCUT2D eigenvalue weighted by molar-refractivity contribution is 0.102. The lowest BCUT2D eigenvalue weighted by atomic mass is 10.2.